The van der Waals surface area contributed by atoms with Crippen molar-refractivity contribution in [2.75, 3.05) is 16.9 Å². The highest BCUT2D eigenvalue weighted by Gasteiger charge is 2.36. The summed E-state index contributed by atoms with van der Waals surface area (Å²) in [6.07, 6.45) is 26.4. The Morgan fingerprint density at radius 3 is 2.03 bits per heavy atom. The summed E-state index contributed by atoms with van der Waals surface area (Å²) < 4.78 is 5.83. The number of allylic oxidation sites excluding steroid dienone is 8. The Hall–Kier alpha value is -6.84. The molecule has 0 bridgehead atoms. The van der Waals surface area contributed by atoms with Gasteiger partial charge in [-0.05, 0) is 107 Å². The fourth-order valence-electron chi connectivity index (χ4n) is 8.62. The van der Waals surface area contributed by atoms with Gasteiger partial charge >= 0.3 is 0 Å². The second kappa shape index (κ2) is 16.9. The molecule has 1 aliphatic heterocycles. The van der Waals surface area contributed by atoms with Crippen LogP contribution in [-0.2, 0) is 5.41 Å². The molecule has 1 aliphatic carbocycles. The molecule has 1 heterocycles. The predicted octanol–water partition coefficient (Wildman–Crippen LogP) is 15.1. The van der Waals surface area contributed by atoms with Crippen LogP contribution in [0.15, 0.2) is 182 Å². The number of rotatable bonds is 11. The van der Waals surface area contributed by atoms with E-state index in [0.717, 1.165) is 17.1 Å². The van der Waals surface area contributed by atoms with Crippen molar-refractivity contribution in [1.29, 1.82) is 0 Å². The van der Waals surface area contributed by atoms with Gasteiger partial charge in [-0.15, -0.1) is 0 Å². The second-order valence-corrected chi connectivity index (χ2v) is 15.6. The van der Waals surface area contributed by atoms with Gasteiger partial charge in [-0.2, -0.15) is 0 Å². The van der Waals surface area contributed by atoms with E-state index in [9.17, 15) is 0 Å². The monoisotopic (exact) mass is 768 g/mol. The fourth-order valence-corrected chi connectivity index (χ4v) is 8.62. The number of para-hydroxylation sites is 4. The third-order valence-corrected chi connectivity index (χ3v) is 11.6. The van der Waals surface area contributed by atoms with Gasteiger partial charge in [0.05, 0.1) is 29.9 Å². The van der Waals surface area contributed by atoms with Crippen molar-refractivity contribution >= 4 is 63.4 Å². The Kier molecular flexibility index (Phi) is 11.2. The lowest BCUT2D eigenvalue weighted by atomic mass is 9.80. The quantitative estimate of drug-likeness (QED) is 0.0963. The van der Waals surface area contributed by atoms with Crippen LogP contribution >= 0.6 is 0 Å². The summed E-state index contributed by atoms with van der Waals surface area (Å²) >= 11 is 0. The van der Waals surface area contributed by atoms with E-state index in [-0.39, 0.29) is 11.5 Å². The summed E-state index contributed by atoms with van der Waals surface area (Å²) in [5.74, 6) is 0.841. The molecule has 0 radical (unpaired) electrons. The van der Waals surface area contributed by atoms with E-state index in [4.69, 9.17) is 4.74 Å². The highest BCUT2D eigenvalue weighted by atomic mass is 16.5. The van der Waals surface area contributed by atoms with Crippen LogP contribution < -0.4 is 14.5 Å². The fraction of sp³-hybridized carbons (Fsp3) is 0.143. The Morgan fingerprint density at radius 2 is 1.32 bits per heavy atom. The molecule has 6 aromatic carbocycles. The van der Waals surface area contributed by atoms with Gasteiger partial charge in [0.25, 0.3) is 0 Å². The molecule has 292 valence electrons. The van der Waals surface area contributed by atoms with Crippen LogP contribution in [0.2, 0.25) is 0 Å². The molecular weight excluding hydrogens is 717 g/mol. The number of hydrogen-bond acceptors (Lipinski definition) is 3. The summed E-state index contributed by atoms with van der Waals surface area (Å²) in [5.41, 5.74) is 14.2. The van der Waals surface area contributed by atoms with E-state index >= 15 is 0 Å². The number of hydrogen-bond donors (Lipinski definition) is 0. The number of nitrogens with zero attached hydrogens (tertiary/aromatic N) is 2. The molecule has 0 N–H and O–H groups in total. The van der Waals surface area contributed by atoms with Gasteiger partial charge < -0.3 is 14.5 Å². The average molecular weight is 769 g/mol. The molecule has 2 aliphatic rings. The number of ether oxygens (including phenoxy) is 1. The minimum Gasteiger partial charge on any atom is -0.495 e. The first-order chi connectivity index (χ1) is 28.8. The van der Waals surface area contributed by atoms with Crippen molar-refractivity contribution in [2.24, 2.45) is 0 Å². The lowest BCUT2D eigenvalue weighted by molar-refractivity contribution is 0.415. The summed E-state index contributed by atoms with van der Waals surface area (Å²) in [6.45, 7) is 11.0. The van der Waals surface area contributed by atoms with Gasteiger partial charge in [0, 0.05) is 23.0 Å². The number of methoxy groups -OCH3 is 1. The Bertz CT molecular complexity index is 2690. The molecule has 8 rings (SSSR count). The van der Waals surface area contributed by atoms with E-state index in [0.29, 0.717) is 0 Å². The predicted molar refractivity (Wildman–Crippen MR) is 256 cm³/mol. The van der Waals surface area contributed by atoms with Gasteiger partial charge in [-0.1, -0.05) is 172 Å². The smallest absolute Gasteiger partial charge is 0.142 e. The van der Waals surface area contributed by atoms with E-state index < -0.39 is 0 Å². The van der Waals surface area contributed by atoms with E-state index in [2.05, 4.69) is 220 Å². The Balaban J connectivity index is 1.14. The summed E-state index contributed by atoms with van der Waals surface area (Å²) in [7, 11) is 1.74. The Morgan fingerprint density at radius 1 is 0.644 bits per heavy atom. The first-order valence-corrected chi connectivity index (χ1v) is 20.6. The van der Waals surface area contributed by atoms with Crippen molar-refractivity contribution in [1.82, 2.24) is 0 Å². The largest absolute Gasteiger partial charge is 0.495 e. The lowest BCUT2D eigenvalue weighted by Gasteiger charge is -2.29. The molecular formula is C56H52N2O. The normalized spacial score (nSPS) is 15.2. The molecule has 3 heteroatoms. The maximum Gasteiger partial charge on any atom is 0.142 e. The molecule has 6 aromatic rings. The van der Waals surface area contributed by atoms with Crippen LogP contribution in [0.25, 0.3) is 40.6 Å². The zero-order chi connectivity index (χ0) is 40.9. The van der Waals surface area contributed by atoms with Gasteiger partial charge in [0.15, 0.2) is 0 Å². The van der Waals surface area contributed by atoms with E-state index in [1.54, 1.807) is 7.11 Å². The molecule has 3 nitrogen and oxygen atoms in total. The molecule has 0 spiro atoms. The van der Waals surface area contributed by atoms with Crippen molar-refractivity contribution in [3.8, 4) is 5.75 Å². The summed E-state index contributed by atoms with van der Waals surface area (Å²) in [4.78, 5) is 4.71. The van der Waals surface area contributed by atoms with Crippen molar-refractivity contribution < 1.29 is 4.74 Å². The zero-order valence-corrected chi connectivity index (χ0v) is 34.9. The van der Waals surface area contributed by atoms with Crippen molar-refractivity contribution in [3.63, 3.8) is 0 Å². The van der Waals surface area contributed by atoms with Gasteiger partial charge in [-0.25, -0.2) is 0 Å². The van der Waals surface area contributed by atoms with Crippen molar-refractivity contribution in [2.45, 2.75) is 46.1 Å². The molecule has 1 atom stereocenters. The lowest BCUT2D eigenvalue weighted by Crippen LogP contribution is -2.27. The SMILES string of the molecule is C/C=C\C=C/C(C)N(/C=C/C1=C(/C=C\C)c2ccc(/C=C/c3ccc(N4c5ccccc5C=Cc5ccccc54)c4ccccc34)cc2C1(C)C)c1ccccc1OC. The highest BCUT2D eigenvalue weighted by molar-refractivity contribution is 6.06. The van der Waals surface area contributed by atoms with Crippen LogP contribution in [0.5, 0.6) is 5.75 Å². The third-order valence-electron chi connectivity index (χ3n) is 11.6. The Labute approximate surface area is 350 Å². The minimum absolute atomic E-state index is 0.0891. The van der Waals surface area contributed by atoms with E-state index in [1.165, 1.54) is 66.7 Å². The number of benzene rings is 6. The van der Waals surface area contributed by atoms with E-state index in [1.807, 2.05) is 25.1 Å². The molecule has 1 unspecified atom stereocenters. The highest BCUT2D eigenvalue weighted by Crippen LogP contribution is 2.49. The average Bonchev–Trinajstić information content (AvgIpc) is 3.36. The van der Waals surface area contributed by atoms with Crippen LogP contribution in [0, 0.1) is 0 Å². The molecule has 0 fully saturated rings. The molecule has 0 saturated carbocycles. The molecule has 0 aromatic heterocycles. The van der Waals surface area contributed by atoms with Gasteiger partial charge in [-0.3, -0.25) is 0 Å². The van der Waals surface area contributed by atoms with Crippen LogP contribution in [-0.4, -0.2) is 13.2 Å². The topological polar surface area (TPSA) is 15.7 Å². The second-order valence-electron chi connectivity index (χ2n) is 15.6. The maximum atomic E-state index is 5.83. The number of anilines is 4. The molecule has 0 amide bonds. The first kappa shape index (κ1) is 39.0. The van der Waals surface area contributed by atoms with Gasteiger partial charge in [0.1, 0.15) is 5.75 Å². The maximum absolute atomic E-state index is 5.83. The number of fused-ring (bicyclic) bond motifs is 4. The van der Waals surface area contributed by atoms with Crippen LogP contribution in [0.3, 0.4) is 0 Å². The summed E-state index contributed by atoms with van der Waals surface area (Å²) in [5, 5.41) is 2.43. The van der Waals surface area contributed by atoms with Crippen LogP contribution in [0.1, 0.15) is 68.0 Å². The zero-order valence-electron chi connectivity index (χ0n) is 34.9. The third kappa shape index (κ3) is 7.53. The minimum atomic E-state index is -0.232. The first-order valence-electron chi connectivity index (χ1n) is 20.6. The van der Waals surface area contributed by atoms with Crippen molar-refractivity contribution in [3.05, 3.63) is 215 Å². The summed E-state index contributed by atoms with van der Waals surface area (Å²) in [6, 6.07) is 45.9. The molecule has 0 saturated heterocycles. The van der Waals surface area contributed by atoms with Crippen LogP contribution in [0.4, 0.5) is 22.7 Å². The molecule has 59 heavy (non-hydrogen) atoms. The standard InChI is InChI=1S/C56H52N2O/c1-7-9-10-20-40(3)57(54-27-17-18-28-55(54)59-6)38-37-49-46(19-8-2)47-35-30-41(39-50(47)56(49,4)5)29-31-42-34-36-53(48-24-14-13-23-45(42)48)58-51-25-15-11-21-43(51)32-33-44-22-12-16-26-52(44)58/h7-40H,1-6H3/b9-7-,19-8-,20-10-,31-29+,38-37+. The van der Waals surface area contributed by atoms with Gasteiger partial charge in [0.2, 0.25) is 0 Å².